The van der Waals surface area contributed by atoms with Crippen molar-refractivity contribution in [2.75, 3.05) is 0 Å². The predicted molar refractivity (Wildman–Crippen MR) is 74.6 cm³/mol. The van der Waals surface area contributed by atoms with Gasteiger partial charge in [-0.2, -0.15) is 0 Å². The zero-order chi connectivity index (χ0) is 12.4. The molecule has 3 rings (SSSR count). The van der Waals surface area contributed by atoms with Gasteiger partial charge in [0.25, 0.3) is 0 Å². The molecule has 0 unspecified atom stereocenters. The van der Waals surface area contributed by atoms with E-state index in [0.717, 1.165) is 6.42 Å². The molecule has 2 heteroatoms. The van der Waals surface area contributed by atoms with Crippen LogP contribution in [0.5, 0.6) is 0 Å². The topological polar surface area (TPSA) is 31.6 Å². The average molecular weight is 236 g/mol. The highest BCUT2D eigenvalue weighted by atomic mass is 14.7. The first-order chi connectivity index (χ1) is 8.81. The van der Waals surface area contributed by atoms with Crippen LogP contribution in [0.3, 0.4) is 0 Å². The van der Waals surface area contributed by atoms with E-state index in [1.165, 1.54) is 28.2 Å². The summed E-state index contributed by atoms with van der Waals surface area (Å²) in [4.78, 5) is 6.69. The standard InChI is InChI=1S/C16H16N2/c1-12-7-8-15(18-12)9-13-10-16(17-11-13)14-5-3-2-4-6-14/h2-8,10-11,17-18H,9H2,1H3. The van der Waals surface area contributed by atoms with Crippen LogP contribution in [-0.2, 0) is 6.42 Å². The Kier molecular flexibility index (Phi) is 2.77. The van der Waals surface area contributed by atoms with Crippen LogP contribution in [0.1, 0.15) is 17.0 Å². The largest absolute Gasteiger partial charge is 0.362 e. The molecule has 2 N–H and O–H groups in total. The highest BCUT2D eigenvalue weighted by Gasteiger charge is 2.03. The molecule has 0 spiro atoms. The lowest BCUT2D eigenvalue weighted by Crippen LogP contribution is -1.85. The first kappa shape index (κ1) is 10.9. The number of hydrogen-bond acceptors (Lipinski definition) is 0. The monoisotopic (exact) mass is 236 g/mol. The second kappa shape index (κ2) is 4.57. The number of H-pyrrole nitrogens is 2. The van der Waals surface area contributed by atoms with Gasteiger partial charge in [0.2, 0.25) is 0 Å². The summed E-state index contributed by atoms with van der Waals surface area (Å²) in [6.45, 7) is 2.08. The number of aryl methyl sites for hydroxylation is 1. The van der Waals surface area contributed by atoms with Crippen LogP contribution in [0.2, 0.25) is 0 Å². The van der Waals surface area contributed by atoms with E-state index in [9.17, 15) is 0 Å². The molecular weight excluding hydrogens is 220 g/mol. The van der Waals surface area contributed by atoms with Gasteiger partial charge >= 0.3 is 0 Å². The maximum Gasteiger partial charge on any atom is 0.0456 e. The number of hydrogen-bond donors (Lipinski definition) is 2. The van der Waals surface area contributed by atoms with Gasteiger partial charge in [-0.25, -0.2) is 0 Å². The smallest absolute Gasteiger partial charge is 0.0456 e. The minimum atomic E-state index is 0.942. The van der Waals surface area contributed by atoms with E-state index >= 15 is 0 Å². The summed E-state index contributed by atoms with van der Waals surface area (Å²) in [5.41, 5.74) is 6.17. The minimum Gasteiger partial charge on any atom is -0.362 e. The summed E-state index contributed by atoms with van der Waals surface area (Å²) in [5, 5.41) is 0. The number of aromatic nitrogens is 2. The molecule has 0 atom stereocenters. The maximum absolute atomic E-state index is 3.36. The zero-order valence-electron chi connectivity index (χ0n) is 10.4. The van der Waals surface area contributed by atoms with Crippen molar-refractivity contribution in [2.24, 2.45) is 0 Å². The fraction of sp³-hybridized carbons (Fsp3) is 0.125. The summed E-state index contributed by atoms with van der Waals surface area (Å²) >= 11 is 0. The molecule has 0 aliphatic rings. The Balaban J connectivity index is 1.82. The summed E-state index contributed by atoms with van der Waals surface area (Å²) < 4.78 is 0. The third-order valence-corrected chi connectivity index (χ3v) is 3.11. The van der Waals surface area contributed by atoms with E-state index < -0.39 is 0 Å². The molecule has 0 aliphatic carbocycles. The summed E-state index contributed by atoms with van der Waals surface area (Å²) in [6.07, 6.45) is 3.02. The van der Waals surface area contributed by atoms with E-state index in [4.69, 9.17) is 0 Å². The molecule has 0 fully saturated rings. The fourth-order valence-electron chi connectivity index (χ4n) is 2.21. The minimum absolute atomic E-state index is 0.942. The molecule has 90 valence electrons. The van der Waals surface area contributed by atoms with Crippen molar-refractivity contribution >= 4 is 0 Å². The van der Waals surface area contributed by atoms with Crippen molar-refractivity contribution in [1.29, 1.82) is 0 Å². The second-order valence-corrected chi connectivity index (χ2v) is 4.63. The molecule has 2 heterocycles. The number of rotatable bonds is 3. The van der Waals surface area contributed by atoms with Gasteiger partial charge in [-0.3, -0.25) is 0 Å². The van der Waals surface area contributed by atoms with Crippen LogP contribution >= 0.6 is 0 Å². The van der Waals surface area contributed by atoms with Gasteiger partial charge in [-0.15, -0.1) is 0 Å². The van der Waals surface area contributed by atoms with Gasteiger partial charge in [-0.05, 0) is 36.2 Å². The summed E-state index contributed by atoms with van der Waals surface area (Å²) in [6, 6.07) is 16.9. The zero-order valence-corrected chi connectivity index (χ0v) is 10.4. The van der Waals surface area contributed by atoms with Crippen LogP contribution in [0, 0.1) is 6.92 Å². The lowest BCUT2D eigenvalue weighted by atomic mass is 10.1. The van der Waals surface area contributed by atoms with Crippen molar-refractivity contribution in [1.82, 2.24) is 9.97 Å². The van der Waals surface area contributed by atoms with Crippen LogP contribution in [0.4, 0.5) is 0 Å². The first-order valence-electron chi connectivity index (χ1n) is 6.18. The van der Waals surface area contributed by atoms with Gasteiger partial charge in [0.1, 0.15) is 0 Å². The van der Waals surface area contributed by atoms with Gasteiger partial charge in [0, 0.05) is 29.7 Å². The van der Waals surface area contributed by atoms with Crippen molar-refractivity contribution in [3.63, 3.8) is 0 Å². The highest BCUT2D eigenvalue weighted by Crippen LogP contribution is 2.20. The molecule has 0 radical (unpaired) electrons. The Morgan fingerprint density at radius 1 is 1.00 bits per heavy atom. The van der Waals surface area contributed by atoms with Gasteiger partial charge in [-0.1, -0.05) is 30.3 Å². The maximum atomic E-state index is 3.36. The summed E-state index contributed by atoms with van der Waals surface area (Å²) in [5.74, 6) is 0. The van der Waals surface area contributed by atoms with E-state index in [0.29, 0.717) is 0 Å². The Morgan fingerprint density at radius 2 is 1.83 bits per heavy atom. The number of benzene rings is 1. The first-order valence-corrected chi connectivity index (χ1v) is 6.18. The van der Waals surface area contributed by atoms with Crippen molar-refractivity contribution in [3.05, 3.63) is 71.7 Å². The third kappa shape index (κ3) is 2.23. The van der Waals surface area contributed by atoms with Crippen LogP contribution < -0.4 is 0 Å². The van der Waals surface area contributed by atoms with E-state index in [1.54, 1.807) is 0 Å². The molecular formula is C16H16N2. The van der Waals surface area contributed by atoms with Gasteiger partial charge in [0.05, 0.1) is 0 Å². The Hall–Kier alpha value is -2.22. The summed E-state index contributed by atoms with van der Waals surface area (Å²) in [7, 11) is 0. The van der Waals surface area contributed by atoms with Crippen LogP contribution in [-0.4, -0.2) is 9.97 Å². The molecule has 18 heavy (non-hydrogen) atoms. The molecule has 0 saturated carbocycles. The third-order valence-electron chi connectivity index (χ3n) is 3.11. The Bertz CT molecular complexity index is 632. The highest BCUT2D eigenvalue weighted by molar-refractivity contribution is 5.60. The quantitative estimate of drug-likeness (QED) is 0.691. The molecule has 0 aliphatic heterocycles. The number of aromatic amines is 2. The predicted octanol–water partition coefficient (Wildman–Crippen LogP) is 3.91. The molecule has 3 aromatic rings. The van der Waals surface area contributed by atoms with E-state index in [2.05, 4.69) is 65.6 Å². The lowest BCUT2D eigenvalue weighted by molar-refractivity contribution is 1.08. The fourth-order valence-corrected chi connectivity index (χ4v) is 2.21. The average Bonchev–Trinajstić information content (AvgIpc) is 3.01. The van der Waals surface area contributed by atoms with Crippen molar-refractivity contribution in [2.45, 2.75) is 13.3 Å². The Labute approximate surface area is 107 Å². The molecule has 0 amide bonds. The molecule has 2 nitrogen and oxygen atoms in total. The SMILES string of the molecule is Cc1ccc(Cc2c[nH]c(-c3ccccc3)c2)[nH]1. The van der Waals surface area contributed by atoms with Crippen LogP contribution in [0.15, 0.2) is 54.7 Å². The molecule has 1 aromatic carbocycles. The normalized spacial score (nSPS) is 10.7. The Morgan fingerprint density at radius 3 is 2.56 bits per heavy atom. The van der Waals surface area contributed by atoms with E-state index in [1.807, 2.05) is 6.07 Å². The van der Waals surface area contributed by atoms with E-state index in [-0.39, 0.29) is 0 Å². The lowest BCUT2D eigenvalue weighted by Gasteiger charge is -1.96. The molecule has 2 aromatic heterocycles. The van der Waals surface area contributed by atoms with Crippen molar-refractivity contribution in [3.8, 4) is 11.3 Å². The van der Waals surface area contributed by atoms with Crippen LogP contribution in [0.25, 0.3) is 11.3 Å². The second-order valence-electron chi connectivity index (χ2n) is 4.63. The van der Waals surface area contributed by atoms with Crippen molar-refractivity contribution < 1.29 is 0 Å². The molecule has 0 saturated heterocycles. The van der Waals surface area contributed by atoms with Gasteiger partial charge in [0.15, 0.2) is 0 Å². The number of nitrogens with one attached hydrogen (secondary N) is 2. The van der Waals surface area contributed by atoms with Gasteiger partial charge < -0.3 is 9.97 Å². The molecule has 0 bridgehead atoms.